The van der Waals surface area contributed by atoms with E-state index in [1.54, 1.807) is 6.07 Å². The highest BCUT2D eigenvalue weighted by Crippen LogP contribution is 2.31. The average Bonchev–Trinajstić information content (AvgIpc) is 2.44. The molecule has 0 aliphatic carbocycles. The van der Waals surface area contributed by atoms with Crippen molar-refractivity contribution < 1.29 is 19.2 Å². The Morgan fingerprint density at radius 3 is 2.62 bits per heavy atom. The lowest BCUT2D eigenvalue weighted by molar-refractivity contribution is -0.385. The van der Waals surface area contributed by atoms with Crippen molar-refractivity contribution in [2.75, 3.05) is 13.7 Å². The number of hydrogen-bond donors (Lipinski definition) is 1. The van der Waals surface area contributed by atoms with Crippen molar-refractivity contribution >= 4 is 11.5 Å². The van der Waals surface area contributed by atoms with Gasteiger partial charge in [0.2, 0.25) is 5.78 Å². The molecule has 0 spiro atoms. The Kier molecular flexibility index (Phi) is 5.25. The fourth-order valence-electron chi connectivity index (χ4n) is 1.48. The second kappa shape index (κ2) is 6.91. The summed E-state index contributed by atoms with van der Waals surface area (Å²) >= 11 is 0. The zero-order valence-electron chi connectivity index (χ0n) is 11.5. The predicted molar refractivity (Wildman–Crippen MR) is 72.7 cm³/mol. The van der Waals surface area contributed by atoms with Crippen LogP contribution in [0.5, 0.6) is 11.5 Å². The van der Waals surface area contributed by atoms with Crippen LogP contribution in [0.25, 0.3) is 0 Å². The topological polar surface area (TPSA) is 128 Å². The molecule has 1 aromatic rings. The van der Waals surface area contributed by atoms with Crippen LogP contribution in [0.4, 0.5) is 5.69 Å². The SMILES string of the molecule is COc1ccc([N+](=O)[O-])cc1OCC(=O)C(C#N)=C(C)N. The second-order valence-corrected chi connectivity index (χ2v) is 3.97. The van der Waals surface area contributed by atoms with Crippen LogP contribution >= 0.6 is 0 Å². The Morgan fingerprint density at radius 1 is 1.48 bits per heavy atom. The van der Waals surface area contributed by atoms with Crippen molar-refractivity contribution in [3.8, 4) is 17.6 Å². The fraction of sp³-hybridized carbons (Fsp3) is 0.231. The Hall–Kier alpha value is -3.08. The van der Waals surface area contributed by atoms with Crippen LogP contribution in [-0.2, 0) is 4.79 Å². The van der Waals surface area contributed by atoms with Crippen LogP contribution in [-0.4, -0.2) is 24.4 Å². The number of carbonyl (C=O) groups is 1. The summed E-state index contributed by atoms with van der Waals surface area (Å²) in [6, 6.07) is 5.42. The molecule has 0 saturated heterocycles. The minimum absolute atomic E-state index is 0.0343. The summed E-state index contributed by atoms with van der Waals surface area (Å²) in [6.45, 7) is 0.944. The van der Waals surface area contributed by atoms with E-state index in [4.69, 9.17) is 20.5 Å². The van der Waals surface area contributed by atoms with Crippen LogP contribution in [0, 0.1) is 21.4 Å². The zero-order valence-corrected chi connectivity index (χ0v) is 11.5. The molecule has 110 valence electrons. The van der Waals surface area contributed by atoms with Gasteiger partial charge in [-0.3, -0.25) is 14.9 Å². The van der Waals surface area contributed by atoms with Gasteiger partial charge in [-0.25, -0.2) is 0 Å². The van der Waals surface area contributed by atoms with Gasteiger partial charge in [0.15, 0.2) is 18.1 Å². The monoisotopic (exact) mass is 291 g/mol. The van der Waals surface area contributed by atoms with E-state index >= 15 is 0 Å². The number of allylic oxidation sites excluding steroid dienone is 1. The molecule has 0 radical (unpaired) electrons. The van der Waals surface area contributed by atoms with Crippen molar-refractivity contribution in [2.45, 2.75) is 6.92 Å². The summed E-state index contributed by atoms with van der Waals surface area (Å²) < 4.78 is 10.2. The highest BCUT2D eigenvalue weighted by molar-refractivity contribution is 6.00. The maximum absolute atomic E-state index is 11.7. The van der Waals surface area contributed by atoms with Crippen LogP contribution < -0.4 is 15.2 Å². The summed E-state index contributed by atoms with van der Waals surface area (Å²) in [5, 5.41) is 19.5. The number of hydrogen-bond acceptors (Lipinski definition) is 7. The van der Waals surface area contributed by atoms with E-state index < -0.39 is 17.3 Å². The van der Waals surface area contributed by atoms with E-state index in [2.05, 4.69) is 0 Å². The molecule has 0 heterocycles. The van der Waals surface area contributed by atoms with E-state index in [1.165, 1.54) is 26.2 Å². The molecule has 1 rings (SSSR count). The molecule has 21 heavy (non-hydrogen) atoms. The molecule has 0 unspecified atom stereocenters. The van der Waals surface area contributed by atoms with E-state index in [-0.39, 0.29) is 28.5 Å². The highest BCUT2D eigenvalue weighted by Gasteiger charge is 2.16. The molecular weight excluding hydrogens is 278 g/mol. The number of Topliss-reactive ketones (excluding diaryl/α,β-unsaturated/α-hetero) is 1. The third kappa shape index (κ3) is 3.94. The summed E-state index contributed by atoms with van der Waals surface area (Å²) in [5.74, 6) is -0.349. The molecule has 0 amide bonds. The maximum Gasteiger partial charge on any atom is 0.273 e. The number of nitriles is 1. The number of ketones is 1. The first kappa shape index (κ1) is 16.0. The van der Waals surface area contributed by atoms with Crippen LogP contribution in [0.3, 0.4) is 0 Å². The van der Waals surface area contributed by atoms with Gasteiger partial charge in [-0.15, -0.1) is 0 Å². The van der Waals surface area contributed by atoms with Gasteiger partial charge in [-0.1, -0.05) is 0 Å². The molecule has 0 aliphatic heterocycles. The van der Waals surface area contributed by atoms with Gasteiger partial charge < -0.3 is 15.2 Å². The van der Waals surface area contributed by atoms with Crippen LogP contribution in [0.1, 0.15) is 6.92 Å². The fourth-order valence-corrected chi connectivity index (χ4v) is 1.48. The Morgan fingerprint density at radius 2 is 2.14 bits per heavy atom. The minimum atomic E-state index is -0.619. The summed E-state index contributed by atoms with van der Waals surface area (Å²) in [4.78, 5) is 21.9. The Labute approximate surface area is 120 Å². The molecule has 0 aliphatic rings. The van der Waals surface area contributed by atoms with E-state index in [9.17, 15) is 14.9 Å². The van der Waals surface area contributed by atoms with Crippen molar-refractivity contribution in [2.24, 2.45) is 5.73 Å². The number of nitrogens with two attached hydrogens (primary N) is 1. The molecule has 2 N–H and O–H groups in total. The molecular formula is C13H13N3O5. The third-order valence-corrected chi connectivity index (χ3v) is 2.50. The molecule has 0 atom stereocenters. The zero-order chi connectivity index (χ0) is 16.0. The normalized spacial score (nSPS) is 11.1. The number of benzene rings is 1. The highest BCUT2D eigenvalue weighted by atomic mass is 16.6. The van der Waals surface area contributed by atoms with E-state index in [0.717, 1.165) is 6.07 Å². The van der Waals surface area contributed by atoms with Gasteiger partial charge in [-0.2, -0.15) is 5.26 Å². The first-order valence-electron chi connectivity index (χ1n) is 5.75. The van der Waals surface area contributed by atoms with E-state index in [0.29, 0.717) is 0 Å². The molecule has 8 heteroatoms. The summed E-state index contributed by atoms with van der Waals surface area (Å²) in [5.41, 5.74) is 5.07. The number of rotatable bonds is 6. The lowest BCUT2D eigenvalue weighted by Gasteiger charge is -2.09. The number of nitrogens with zero attached hydrogens (tertiary/aromatic N) is 2. The van der Waals surface area contributed by atoms with Gasteiger partial charge in [0.05, 0.1) is 18.1 Å². The number of nitro groups is 1. The van der Waals surface area contributed by atoms with Crippen molar-refractivity contribution in [1.82, 2.24) is 0 Å². The lowest BCUT2D eigenvalue weighted by Crippen LogP contribution is -2.16. The van der Waals surface area contributed by atoms with Gasteiger partial charge >= 0.3 is 0 Å². The Bertz CT molecular complexity index is 642. The standard InChI is InChI=1S/C13H13N3O5/c1-8(15)10(6-14)11(17)7-21-13-5-9(16(18)19)3-4-12(13)20-2/h3-5H,7,15H2,1-2H3. The predicted octanol–water partition coefficient (Wildman–Crippen LogP) is 1.31. The second-order valence-electron chi connectivity index (χ2n) is 3.97. The first-order valence-corrected chi connectivity index (χ1v) is 5.75. The largest absolute Gasteiger partial charge is 0.493 e. The summed E-state index contributed by atoms with van der Waals surface area (Å²) in [6.07, 6.45) is 0. The quantitative estimate of drug-likeness (QED) is 0.362. The molecule has 0 aromatic heterocycles. The molecule has 0 bridgehead atoms. The molecule has 8 nitrogen and oxygen atoms in total. The molecule has 0 saturated carbocycles. The number of carbonyl (C=O) groups excluding carboxylic acids is 1. The first-order chi connectivity index (χ1) is 9.90. The van der Waals surface area contributed by atoms with Crippen molar-refractivity contribution in [3.05, 3.63) is 39.6 Å². The van der Waals surface area contributed by atoms with Gasteiger partial charge in [0.1, 0.15) is 11.6 Å². The number of ether oxygens (including phenoxy) is 2. The lowest BCUT2D eigenvalue weighted by atomic mass is 10.1. The van der Waals surface area contributed by atoms with Crippen molar-refractivity contribution in [3.63, 3.8) is 0 Å². The Balaban J connectivity index is 2.96. The minimum Gasteiger partial charge on any atom is -0.493 e. The maximum atomic E-state index is 11.7. The van der Waals surface area contributed by atoms with Crippen LogP contribution in [0.2, 0.25) is 0 Å². The van der Waals surface area contributed by atoms with Gasteiger partial charge in [0, 0.05) is 11.8 Å². The average molecular weight is 291 g/mol. The summed E-state index contributed by atoms with van der Waals surface area (Å²) in [7, 11) is 1.36. The number of nitro benzene ring substituents is 1. The molecule has 0 fully saturated rings. The third-order valence-electron chi connectivity index (χ3n) is 2.50. The van der Waals surface area contributed by atoms with Gasteiger partial charge in [0.25, 0.3) is 5.69 Å². The number of methoxy groups -OCH3 is 1. The number of non-ortho nitro benzene ring substituents is 1. The van der Waals surface area contributed by atoms with Gasteiger partial charge in [-0.05, 0) is 13.0 Å². The van der Waals surface area contributed by atoms with Crippen LogP contribution in [0.15, 0.2) is 29.5 Å². The smallest absolute Gasteiger partial charge is 0.273 e. The van der Waals surface area contributed by atoms with E-state index in [1.807, 2.05) is 0 Å². The molecule has 1 aromatic carbocycles. The van der Waals surface area contributed by atoms with Crippen molar-refractivity contribution in [1.29, 1.82) is 5.26 Å².